The molecule has 2 aliphatic heterocycles. The van der Waals surface area contributed by atoms with E-state index < -0.39 is 0 Å². The van der Waals surface area contributed by atoms with Gasteiger partial charge in [0.2, 0.25) is 0 Å². The van der Waals surface area contributed by atoms with Crippen LogP contribution in [0.3, 0.4) is 0 Å². The van der Waals surface area contributed by atoms with E-state index in [1.807, 2.05) is 24.0 Å². The zero-order valence-corrected chi connectivity index (χ0v) is 16.8. The average molecular weight is 388 g/mol. The second-order valence-corrected chi connectivity index (χ2v) is 9.50. The second kappa shape index (κ2) is 7.71. The maximum Gasteiger partial charge on any atom is 0.253 e. The fourth-order valence-electron chi connectivity index (χ4n) is 3.91. The van der Waals surface area contributed by atoms with E-state index in [0.717, 1.165) is 61.0 Å². The highest BCUT2D eigenvalue weighted by Crippen LogP contribution is 2.37. The van der Waals surface area contributed by atoms with Crippen molar-refractivity contribution < 1.29 is 4.79 Å². The predicted octanol–water partition coefficient (Wildman–Crippen LogP) is 3.96. The number of aromatic nitrogens is 1. The van der Waals surface area contributed by atoms with E-state index in [1.165, 1.54) is 11.3 Å². The Labute approximate surface area is 163 Å². The average Bonchev–Trinajstić information content (AvgIpc) is 3.30. The summed E-state index contributed by atoms with van der Waals surface area (Å²) in [6, 6.07) is 8.06. The van der Waals surface area contributed by atoms with E-state index in [1.54, 1.807) is 23.1 Å². The molecule has 1 spiro atoms. The van der Waals surface area contributed by atoms with Crippen molar-refractivity contribution in [2.24, 2.45) is 5.41 Å². The van der Waals surface area contributed by atoms with E-state index in [0.29, 0.717) is 5.41 Å². The number of thioether (sulfide) groups is 1. The SMILES string of the molecule is Cc1nc(CSc2ccc(C(=O)N3CCC4(CCNC4)CC3)cc2)cs1. The molecule has 1 aromatic heterocycles. The van der Waals surface area contributed by atoms with Gasteiger partial charge in [-0.2, -0.15) is 0 Å². The van der Waals surface area contributed by atoms with Crippen LogP contribution < -0.4 is 5.32 Å². The Kier molecular flexibility index (Phi) is 5.34. The monoisotopic (exact) mass is 387 g/mol. The molecule has 0 unspecified atom stereocenters. The summed E-state index contributed by atoms with van der Waals surface area (Å²) >= 11 is 3.46. The molecule has 2 aromatic rings. The lowest BCUT2D eigenvalue weighted by Crippen LogP contribution is -2.44. The highest BCUT2D eigenvalue weighted by Gasteiger charge is 2.38. The van der Waals surface area contributed by atoms with Crippen molar-refractivity contribution in [3.63, 3.8) is 0 Å². The van der Waals surface area contributed by atoms with Crippen molar-refractivity contribution in [2.75, 3.05) is 26.2 Å². The molecule has 2 saturated heterocycles. The maximum absolute atomic E-state index is 12.8. The quantitative estimate of drug-likeness (QED) is 0.807. The van der Waals surface area contributed by atoms with Crippen molar-refractivity contribution in [1.29, 1.82) is 0 Å². The number of rotatable bonds is 4. The third-order valence-electron chi connectivity index (χ3n) is 5.60. The summed E-state index contributed by atoms with van der Waals surface area (Å²) in [5, 5.41) is 6.70. The predicted molar refractivity (Wildman–Crippen MR) is 108 cm³/mol. The van der Waals surface area contributed by atoms with Gasteiger partial charge in [-0.25, -0.2) is 4.98 Å². The lowest BCUT2D eigenvalue weighted by Gasteiger charge is -2.38. The molecule has 1 N–H and O–H groups in total. The Morgan fingerprint density at radius 2 is 2.04 bits per heavy atom. The molecule has 138 valence electrons. The van der Waals surface area contributed by atoms with Crippen molar-refractivity contribution in [1.82, 2.24) is 15.2 Å². The van der Waals surface area contributed by atoms with Crippen LogP contribution in [0, 0.1) is 12.3 Å². The largest absolute Gasteiger partial charge is 0.339 e. The molecule has 4 nitrogen and oxygen atoms in total. The number of carbonyl (C=O) groups excluding carboxylic acids is 1. The summed E-state index contributed by atoms with van der Waals surface area (Å²) in [6.07, 6.45) is 3.53. The molecule has 6 heteroatoms. The van der Waals surface area contributed by atoms with Crippen LogP contribution in [-0.2, 0) is 5.75 Å². The van der Waals surface area contributed by atoms with Gasteiger partial charge in [0, 0.05) is 41.2 Å². The van der Waals surface area contributed by atoms with Crippen LogP contribution in [0.1, 0.15) is 40.3 Å². The lowest BCUT2D eigenvalue weighted by atomic mass is 9.78. The Bertz CT molecular complexity index is 756. The standard InChI is InChI=1S/C20H25N3OS2/c1-15-22-17(12-25-15)13-26-18-4-2-16(3-5-18)19(24)23-10-7-20(8-11-23)6-9-21-14-20/h2-5,12,21H,6-11,13-14H2,1H3. The first-order valence-electron chi connectivity index (χ1n) is 9.27. The fourth-order valence-corrected chi connectivity index (χ4v) is 5.42. The molecular weight excluding hydrogens is 362 g/mol. The van der Waals surface area contributed by atoms with Gasteiger partial charge < -0.3 is 10.2 Å². The number of nitrogens with one attached hydrogen (secondary N) is 1. The smallest absolute Gasteiger partial charge is 0.253 e. The Morgan fingerprint density at radius 1 is 1.27 bits per heavy atom. The van der Waals surface area contributed by atoms with Gasteiger partial charge >= 0.3 is 0 Å². The molecule has 2 aliphatic rings. The summed E-state index contributed by atoms with van der Waals surface area (Å²) < 4.78 is 0. The minimum atomic E-state index is 0.178. The molecule has 4 rings (SSSR count). The molecule has 1 aromatic carbocycles. The van der Waals surface area contributed by atoms with Gasteiger partial charge in [0.15, 0.2) is 0 Å². The van der Waals surface area contributed by atoms with Crippen molar-refractivity contribution in [3.05, 3.63) is 45.9 Å². The lowest BCUT2D eigenvalue weighted by molar-refractivity contribution is 0.0607. The van der Waals surface area contributed by atoms with Gasteiger partial charge in [0.05, 0.1) is 10.7 Å². The number of carbonyl (C=O) groups is 1. The third kappa shape index (κ3) is 3.97. The first kappa shape index (κ1) is 18.0. The zero-order valence-electron chi connectivity index (χ0n) is 15.2. The molecule has 0 radical (unpaired) electrons. The molecule has 0 atom stereocenters. The Hall–Kier alpha value is -1.37. The van der Waals surface area contributed by atoms with E-state index in [2.05, 4.69) is 27.8 Å². The summed E-state index contributed by atoms with van der Waals surface area (Å²) in [5.74, 6) is 1.05. The normalized spacial score (nSPS) is 19.2. The van der Waals surface area contributed by atoms with Gasteiger partial charge in [-0.15, -0.1) is 23.1 Å². The third-order valence-corrected chi connectivity index (χ3v) is 7.47. The van der Waals surface area contributed by atoms with Crippen molar-refractivity contribution in [3.8, 4) is 0 Å². The maximum atomic E-state index is 12.8. The number of amides is 1. The number of hydrogen-bond donors (Lipinski definition) is 1. The Morgan fingerprint density at radius 3 is 2.65 bits per heavy atom. The number of hydrogen-bond acceptors (Lipinski definition) is 5. The van der Waals surface area contributed by atoms with Crippen LogP contribution in [0.5, 0.6) is 0 Å². The van der Waals surface area contributed by atoms with Gasteiger partial charge in [-0.05, 0) is 62.4 Å². The zero-order chi connectivity index (χ0) is 18.0. The minimum Gasteiger partial charge on any atom is -0.339 e. The van der Waals surface area contributed by atoms with E-state index in [-0.39, 0.29) is 5.91 Å². The topological polar surface area (TPSA) is 45.2 Å². The molecular formula is C20H25N3OS2. The number of aryl methyl sites for hydroxylation is 1. The molecule has 26 heavy (non-hydrogen) atoms. The first-order chi connectivity index (χ1) is 12.6. The number of benzene rings is 1. The molecule has 0 aliphatic carbocycles. The van der Waals surface area contributed by atoms with Crippen LogP contribution >= 0.6 is 23.1 Å². The van der Waals surface area contributed by atoms with Gasteiger partial charge in [-0.1, -0.05) is 0 Å². The molecule has 2 fully saturated rings. The number of piperidine rings is 1. The van der Waals surface area contributed by atoms with Gasteiger partial charge in [-0.3, -0.25) is 4.79 Å². The van der Waals surface area contributed by atoms with Crippen LogP contribution in [0.4, 0.5) is 0 Å². The molecule has 0 bridgehead atoms. The fraction of sp³-hybridized carbons (Fsp3) is 0.500. The van der Waals surface area contributed by atoms with Gasteiger partial charge in [0.1, 0.15) is 0 Å². The number of likely N-dealkylation sites (tertiary alicyclic amines) is 1. The van der Waals surface area contributed by atoms with Crippen LogP contribution in [0.25, 0.3) is 0 Å². The Balaban J connectivity index is 1.32. The van der Waals surface area contributed by atoms with Crippen LogP contribution in [0.2, 0.25) is 0 Å². The highest BCUT2D eigenvalue weighted by atomic mass is 32.2. The minimum absolute atomic E-state index is 0.178. The number of nitrogens with zero attached hydrogens (tertiary/aromatic N) is 2. The number of thiazole rings is 1. The summed E-state index contributed by atoms with van der Waals surface area (Å²) in [5.41, 5.74) is 2.38. The molecule has 3 heterocycles. The van der Waals surface area contributed by atoms with Crippen molar-refractivity contribution >= 4 is 29.0 Å². The molecule has 0 saturated carbocycles. The molecule has 1 amide bonds. The first-order valence-corrected chi connectivity index (χ1v) is 11.1. The van der Waals surface area contributed by atoms with E-state index >= 15 is 0 Å². The van der Waals surface area contributed by atoms with Crippen LogP contribution in [-0.4, -0.2) is 42.0 Å². The second-order valence-electron chi connectivity index (χ2n) is 7.39. The summed E-state index contributed by atoms with van der Waals surface area (Å²) in [7, 11) is 0. The van der Waals surface area contributed by atoms with E-state index in [9.17, 15) is 4.79 Å². The van der Waals surface area contributed by atoms with Gasteiger partial charge in [0.25, 0.3) is 5.91 Å². The highest BCUT2D eigenvalue weighted by molar-refractivity contribution is 7.98. The van der Waals surface area contributed by atoms with E-state index in [4.69, 9.17) is 0 Å². The van der Waals surface area contributed by atoms with Crippen LogP contribution in [0.15, 0.2) is 34.5 Å². The van der Waals surface area contributed by atoms with Crippen molar-refractivity contribution in [2.45, 2.75) is 36.8 Å². The summed E-state index contributed by atoms with van der Waals surface area (Å²) in [6.45, 7) is 6.07. The summed E-state index contributed by atoms with van der Waals surface area (Å²) in [4.78, 5) is 20.5.